The molecule has 1 aromatic rings. The Hall–Kier alpha value is -2.38. The van der Waals surface area contributed by atoms with Crippen LogP contribution in [0.5, 0.6) is 0 Å². The van der Waals surface area contributed by atoms with E-state index in [-0.39, 0.29) is 6.54 Å². The smallest absolute Gasteiger partial charge is 0.328 e. The van der Waals surface area contributed by atoms with E-state index in [0.29, 0.717) is 0 Å². The molecule has 0 saturated heterocycles. The Kier molecular flexibility index (Phi) is 5.07. The molecule has 8 heteroatoms. The van der Waals surface area contributed by atoms with Gasteiger partial charge in [0.25, 0.3) is 11.5 Å². The normalized spacial score (nSPS) is 12.6. The number of hydrogen-bond acceptors (Lipinski definition) is 5. The number of H-pyrrole nitrogens is 1. The molecule has 1 rings (SSSR count). The Labute approximate surface area is 121 Å². The van der Waals surface area contributed by atoms with Gasteiger partial charge in [0, 0.05) is 17.8 Å². The molecule has 0 radical (unpaired) electrons. The highest BCUT2D eigenvalue weighted by Crippen LogP contribution is 2.01. The van der Waals surface area contributed by atoms with Crippen molar-refractivity contribution in [3.63, 3.8) is 0 Å². The summed E-state index contributed by atoms with van der Waals surface area (Å²) in [7, 11) is 0. The molecule has 0 aromatic carbocycles. The van der Waals surface area contributed by atoms with Crippen LogP contribution in [0.1, 0.15) is 27.7 Å². The minimum absolute atomic E-state index is 0.386. The number of ether oxygens (including phenoxy) is 1. The van der Waals surface area contributed by atoms with Crippen molar-refractivity contribution in [2.45, 2.75) is 45.9 Å². The van der Waals surface area contributed by atoms with Crippen LogP contribution in [0.4, 0.5) is 0 Å². The number of aromatic nitrogens is 2. The van der Waals surface area contributed by atoms with Crippen LogP contribution in [0.15, 0.2) is 21.9 Å². The van der Waals surface area contributed by atoms with E-state index in [4.69, 9.17) is 4.74 Å². The van der Waals surface area contributed by atoms with Gasteiger partial charge in [-0.05, 0) is 27.7 Å². The number of nitrogens with zero attached hydrogens (tertiary/aromatic N) is 1. The van der Waals surface area contributed by atoms with Gasteiger partial charge in [0.15, 0.2) is 6.10 Å². The van der Waals surface area contributed by atoms with E-state index in [1.54, 1.807) is 20.8 Å². The van der Waals surface area contributed by atoms with E-state index >= 15 is 0 Å². The number of rotatable bonds is 4. The Balaban J connectivity index is 2.63. The number of carbonyl (C=O) groups excluding carboxylic acids is 2. The van der Waals surface area contributed by atoms with Crippen LogP contribution < -0.4 is 16.6 Å². The maximum Gasteiger partial charge on any atom is 0.328 e. The fraction of sp³-hybridized carbons (Fsp3) is 0.538. The predicted octanol–water partition coefficient (Wildman–Crippen LogP) is -0.617. The molecule has 116 valence electrons. The Morgan fingerprint density at radius 1 is 1.38 bits per heavy atom. The van der Waals surface area contributed by atoms with Crippen LogP contribution in [0.2, 0.25) is 0 Å². The highest BCUT2D eigenvalue weighted by Gasteiger charge is 2.22. The molecule has 1 aromatic heterocycles. The lowest BCUT2D eigenvalue weighted by Gasteiger charge is -2.23. The van der Waals surface area contributed by atoms with Gasteiger partial charge in [-0.2, -0.15) is 0 Å². The van der Waals surface area contributed by atoms with E-state index in [1.807, 2.05) is 4.98 Å². The molecule has 8 nitrogen and oxygen atoms in total. The van der Waals surface area contributed by atoms with Crippen molar-refractivity contribution in [1.29, 1.82) is 0 Å². The molecule has 0 spiro atoms. The van der Waals surface area contributed by atoms with Crippen LogP contribution >= 0.6 is 0 Å². The summed E-state index contributed by atoms with van der Waals surface area (Å²) in [4.78, 5) is 47.7. The topological polar surface area (TPSA) is 110 Å². The molecule has 0 saturated carbocycles. The summed E-state index contributed by atoms with van der Waals surface area (Å²) in [6, 6.07) is 1.12. The highest BCUT2D eigenvalue weighted by atomic mass is 16.5. The molecule has 0 fully saturated rings. The third kappa shape index (κ3) is 5.64. The second-order valence-corrected chi connectivity index (χ2v) is 5.61. The first-order chi connectivity index (χ1) is 9.58. The molecule has 1 amide bonds. The number of nitrogens with one attached hydrogen (secondary N) is 2. The minimum atomic E-state index is -0.977. The molecule has 2 N–H and O–H groups in total. The first-order valence-corrected chi connectivity index (χ1v) is 6.40. The summed E-state index contributed by atoms with van der Waals surface area (Å²) in [6.07, 6.45) is 0.206. The van der Waals surface area contributed by atoms with Crippen molar-refractivity contribution in [3.8, 4) is 0 Å². The first-order valence-electron chi connectivity index (χ1n) is 6.40. The van der Waals surface area contributed by atoms with Crippen molar-refractivity contribution in [2.75, 3.05) is 0 Å². The van der Waals surface area contributed by atoms with Crippen molar-refractivity contribution < 1.29 is 14.3 Å². The predicted molar refractivity (Wildman–Crippen MR) is 74.8 cm³/mol. The van der Waals surface area contributed by atoms with Crippen molar-refractivity contribution >= 4 is 11.9 Å². The van der Waals surface area contributed by atoms with Gasteiger partial charge in [-0.1, -0.05) is 0 Å². The van der Waals surface area contributed by atoms with Gasteiger partial charge in [-0.25, -0.2) is 4.79 Å². The molecular weight excluding hydrogens is 278 g/mol. The summed E-state index contributed by atoms with van der Waals surface area (Å²) in [5.74, 6) is -1.18. The van der Waals surface area contributed by atoms with Crippen LogP contribution in [0.3, 0.4) is 0 Å². The zero-order chi connectivity index (χ0) is 16.2. The zero-order valence-electron chi connectivity index (χ0n) is 12.4. The second kappa shape index (κ2) is 6.38. The molecule has 21 heavy (non-hydrogen) atoms. The first kappa shape index (κ1) is 16.7. The summed E-state index contributed by atoms with van der Waals surface area (Å²) >= 11 is 0. The molecule has 1 heterocycles. The monoisotopic (exact) mass is 297 g/mol. The fourth-order valence-electron chi connectivity index (χ4n) is 1.47. The molecule has 1 atom stereocenters. The van der Waals surface area contributed by atoms with Gasteiger partial charge in [0.05, 0.1) is 0 Å². The van der Waals surface area contributed by atoms with Crippen molar-refractivity contribution in [2.24, 2.45) is 0 Å². The highest BCUT2D eigenvalue weighted by molar-refractivity contribution is 5.83. The molecule has 0 unspecified atom stereocenters. The van der Waals surface area contributed by atoms with Gasteiger partial charge in [-0.15, -0.1) is 0 Å². The third-order valence-electron chi connectivity index (χ3n) is 2.37. The summed E-state index contributed by atoms with van der Waals surface area (Å²) in [6.45, 7) is 6.47. The van der Waals surface area contributed by atoms with Crippen molar-refractivity contribution in [1.82, 2.24) is 14.9 Å². The van der Waals surface area contributed by atoms with E-state index in [9.17, 15) is 19.2 Å². The Morgan fingerprint density at radius 2 is 2.00 bits per heavy atom. The summed E-state index contributed by atoms with van der Waals surface area (Å²) < 4.78 is 5.93. The SMILES string of the molecule is C[C@@H](OC(=O)Cn1ccc(=O)[nH]c1=O)C(=O)NC(C)(C)C. The second-order valence-electron chi connectivity index (χ2n) is 5.61. The number of carbonyl (C=O) groups is 2. The molecule has 0 bridgehead atoms. The van der Waals surface area contributed by atoms with Gasteiger partial charge in [0.2, 0.25) is 0 Å². The van der Waals surface area contributed by atoms with Gasteiger partial charge in [0.1, 0.15) is 6.54 Å². The average Bonchev–Trinajstić information content (AvgIpc) is 2.30. The molecular formula is C13H19N3O5. The number of esters is 1. The third-order valence-corrected chi connectivity index (χ3v) is 2.37. The van der Waals surface area contributed by atoms with E-state index in [0.717, 1.165) is 10.6 Å². The van der Waals surface area contributed by atoms with E-state index in [2.05, 4.69) is 5.32 Å². The van der Waals surface area contributed by atoms with Crippen LogP contribution in [0, 0.1) is 0 Å². The molecule has 0 aliphatic carbocycles. The van der Waals surface area contributed by atoms with Crippen molar-refractivity contribution in [3.05, 3.63) is 33.1 Å². The molecule has 0 aliphatic heterocycles. The van der Waals surface area contributed by atoms with Gasteiger partial charge in [-0.3, -0.25) is 23.9 Å². The lowest BCUT2D eigenvalue weighted by atomic mass is 10.1. The fourth-order valence-corrected chi connectivity index (χ4v) is 1.47. The quantitative estimate of drug-likeness (QED) is 0.720. The van der Waals surface area contributed by atoms with Gasteiger partial charge < -0.3 is 10.1 Å². The van der Waals surface area contributed by atoms with Gasteiger partial charge >= 0.3 is 11.7 Å². The standard InChI is InChI=1S/C13H19N3O5/c1-8(11(19)15-13(2,3)4)21-10(18)7-16-6-5-9(17)14-12(16)20/h5-6,8H,7H2,1-4H3,(H,15,19)(H,14,17,20)/t8-/m1/s1. The Bertz CT molecular complexity index is 638. The zero-order valence-corrected chi connectivity index (χ0v) is 12.4. The minimum Gasteiger partial charge on any atom is -0.451 e. The number of aromatic amines is 1. The lowest BCUT2D eigenvalue weighted by Crippen LogP contribution is -2.46. The maximum atomic E-state index is 11.8. The largest absolute Gasteiger partial charge is 0.451 e. The van der Waals surface area contributed by atoms with E-state index in [1.165, 1.54) is 13.1 Å². The van der Waals surface area contributed by atoms with Crippen LogP contribution in [-0.2, 0) is 20.9 Å². The van der Waals surface area contributed by atoms with Crippen LogP contribution in [-0.4, -0.2) is 33.1 Å². The average molecular weight is 297 g/mol. The van der Waals surface area contributed by atoms with E-state index < -0.39 is 34.8 Å². The number of hydrogen-bond donors (Lipinski definition) is 2. The number of amides is 1. The van der Waals surface area contributed by atoms with Crippen LogP contribution in [0.25, 0.3) is 0 Å². The summed E-state index contributed by atoms with van der Waals surface area (Å²) in [5.41, 5.74) is -1.71. The maximum absolute atomic E-state index is 11.8. The summed E-state index contributed by atoms with van der Waals surface area (Å²) in [5, 5.41) is 2.67. The Morgan fingerprint density at radius 3 is 2.52 bits per heavy atom. The lowest BCUT2D eigenvalue weighted by molar-refractivity contribution is -0.156. The molecule has 0 aliphatic rings.